The summed E-state index contributed by atoms with van der Waals surface area (Å²) in [6.45, 7) is -0.182. The van der Waals surface area contributed by atoms with Gasteiger partial charge in [-0.2, -0.15) is 0 Å². The maximum atomic E-state index is 12.1. The van der Waals surface area contributed by atoms with E-state index in [-0.39, 0.29) is 12.3 Å². The number of nitrogens with zero attached hydrogens (tertiary/aromatic N) is 1. The van der Waals surface area contributed by atoms with Crippen LogP contribution in [0.4, 0.5) is 5.69 Å². The van der Waals surface area contributed by atoms with Gasteiger partial charge < -0.3 is 14.2 Å². The molecule has 118 valence electrons. The van der Waals surface area contributed by atoms with Crippen LogP contribution < -0.4 is 9.46 Å². The SMILES string of the molecule is COc1ccc(S(=O)(=O)NCC(OC)OC)c([N+](=O)[O-])c1. The van der Waals surface area contributed by atoms with E-state index in [1.807, 2.05) is 0 Å². The normalized spacial score (nSPS) is 11.6. The highest BCUT2D eigenvalue weighted by atomic mass is 32.2. The van der Waals surface area contributed by atoms with Crippen molar-refractivity contribution in [3.05, 3.63) is 28.3 Å². The van der Waals surface area contributed by atoms with Gasteiger partial charge in [-0.1, -0.05) is 0 Å². The minimum absolute atomic E-state index is 0.182. The zero-order valence-corrected chi connectivity index (χ0v) is 12.5. The lowest BCUT2D eigenvalue weighted by atomic mass is 10.3. The Morgan fingerprint density at radius 3 is 2.38 bits per heavy atom. The summed E-state index contributed by atoms with van der Waals surface area (Å²) >= 11 is 0. The predicted molar refractivity (Wildman–Crippen MR) is 72.6 cm³/mol. The van der Waals surface area contributed by atoms with Crippen molar-refractivity contribution >= 4 is 15.7 Å². The first-order valence-corrected chi connectivity index (χ1v) is 7.21. The molecule has 1 aromatic rings. The van der Waals surface area contributed by atoms with Crippen LogP contribution in [-0.2, 0) is 19.5 Å². The maximum Gasteiger partial charge on any atom is 0.293 e. The van der Waals surface area contributed by atoms with E-state index < -0.39 is 31.8 Å². The molecule has 1 rings (SSSR count). The van der Waals surface area contributed by atoms with Crippen LogP contribution in [0.1, 0.15) is 0 Å². The number of sulfonamides is 1. The van der Waals surface area contributed by atoms with E-state index in [0.717, 1.165) is 12.1 Å². The fraction of sp³-hybridized carbons (Fsp3) is 0.455. The molecule has 0 unspecified atom stereocenters. The van der Waals surface area contributed by atoms with Gasteiger partial charge in [-0.25, -0.2) is 13.1 Å². The van der Waals surface area contributed by atoms with Gasteiger partial charge in [0, 0.05) is 14.2 Å². The number of methoxy groups -OCH3 is 3. The Bertz CT molecular complexity index is 599. The van der Waals surface area contributed by atoms with E-state index >= 15 is 0 Å². The van der Waals surface area contributed by atoms with Crippen molar-refractivity contribution in [2.24, 2.45) is 0 Å². The number of hydrogen-bond donors (Lipinski definition) is 1. The second-order valence-electron chi connectivity index (χ2n) is 3.84. The molecule has 0 atom stereocenters. The Morgan fingerprint density at radius 2 is 1.90 bits per heavy atom. The molecule has 0 aliphatic heterocycles. The molecular formula is C11H16N2O7S. The molecule has 1 N–H and O–H groups in total. The molecule has 0 saturated carbocycles. The summed E-state index contributed by atoms with van der Waals surface area (Å²) in [6.07, 6.45) is -0.794. The van der Waals surface area contributed by atoms with E-state index in [1.54, 1.807) is 0 Å². The smallest absolute Gasteiger partial charge is 0.293 e. The van der Waals surface area contributed by atoms with Crippen molar-refractivity contribution < 1.29 is 27.6 Å². The van der Waals surface area contributed by atoms with Crippen LogP contribution in [-0.4, -0.2) is 47.5 Å². The first-order valence-electron chi connectivity index (χ1n) is 5.73. The van der Waals surface area contributed by atoms with Gasteiger partial charge in [0.25, 0.3) is 5.69 Å². The van der Waals surface area contributed by atoms with Gasteiger partial charge in [-0.05, 0) is 12.1 Å². The molecule has 0 heterocycles. The van der Waals surface area contributed by atoms with Gasteiger partial charge in [0.05, 0.1) is 24.6 Å². The number of hydrogen-bond acceptors (Lipinski definition) is 7. The summed E-state index contributed by atoms with van der Waals surface area (Å²) in [4.78, 5) is 9.75. The number of ether oxygens (including phenoxy) is 3. The third-order valence-corrected chi connectivity index (χ3v) is 4.09. The molecule has 0 bridgehead atoms. The van der Waals surface area contributed by atoms with Crippen molar-refractivity contribution in [3.8, 4) is 5.75 Å². The molecule has 0 radical (unpaired) electrons. The third kappa shape index (κ3) is 4.36. The Labute approximate surface area is 122 Å². The van der Waals surface area contributed by atoms with Crippen LogP contribution >= 0.6 is 0 Å². The molecule has 10 heteroatoms. The van der Waals surface area contributed by atoms with E-state index in [4.69, 9.17) is 14.2 Å². The van der Waals surface area contributed by atoms with E-state index in [0.29, 0.717) is 0 Å². The average Bonchev–Trinajstić information content (AvgIpc) is 2.47. The molecule has 0 aliphatic rings. The summed E-state index contributed by atoms with van der Waals surface area (Å²) < 4.78 is 41.0. The summed E-state index contributed by atoms with van der Waals surface area (Å²) in [7, 11) is -0.0657. The molecule has 9 nitrogen and oxygen atoms in total. The Balaban J connectivity index is 3.10. The summed E-state index contributed by atoms with van der Waals surface area (Å²) in [5.41, 5.74) is -0.576. The fourth-order valence-electron chi connectivity index (χ4n) is 1.51. The van der Waals surface area contributed by atoms with Gasteiger partial charge in [0.2, 0.25) is 10.0 Å². The van der Waals surface area contributed by atoms with E-state index in [2.05, 4.69) is 4.72 Å². The highest BCUT2D eigenvalue weighted by Gasteiger charge is 2.27. The van der Waals surface area contributed by atoms with E-state index in [1.165, 1.54) is 27.4 Å². The van der Waals surface area contributed by atoms with Gasteiger partial charge >= 0.3 is 0 Å². The average molecular weight is 320 g/mol. The molecule has 0 fully saturated rings. The number of nitro benzene ring substituents is 1. The molecular weight excluding hydrogens is 304 g/mol. The van der Waals surface area contributed by atoms with Crippen LogP contribution in [0.25, 0.3) is 0 Å². The van der Waals surface area contributed by atoms with Crippen molar-refractivity contribution in [3.63, 3.8) is 0 Å². The van der Waals surface area contributed by atoms with Crippen LogP contribution in [0.3, 0.4) is 0 Å². The van der Waals surface area contributed by atoms with Crippen molar-refractivity contribution in [2.45, 2.75) is 11.2 Å². The van der Waals surface area contributed by atoms with Gasteiger partial charge in [-0.3, -0.25) is 10.1 Å². The fourth-order valence-corrected chi connectivity index (χ4v) is 2.68. The number of nitro groups is 1. The van der Waals surface area contributed by atoms with Gasteiger partial charge in [0.1, 0.15) is 5.75 Å². The molecule has 0 amide bonds. The van der Waals surface area contributed by atoms with Gasteiger partial charge in [0.15, 0.2) is 11.2 Å². The number of nitrogens with one attached hydrogen (secondary N) is 1. The maximum absolute atomic E-state index is 12.1. The topological polar surface area (TPSA) is 117 Å². The Morgan fingerprint density at radius 1 is 1.29 bits per heavy atom. The zero-order chi connectivity index (χ0) is 16.0. The van der Waals surface area contributed by atoms with Gasteiger partial charge in [-0.15, -0.1) is 0 Å². The largest absolute Gasteiger partial charge is 0.497 e. The molecule has 1 aromatic carbocycles. The lowest BCUT2D eigenvalue weighted by Crippen LogP contribution is -2.34. The second-order valence-corrected chi connectivity index (χ2v) is 5.58. The second kappa shape index (κ2) is 7.31. The first-order chi connectivity index (χ1) is 9.85. The van der Waals surface area contributed by atoms with Crippen LogP contribution in [0.15, 0.2) is 23.1 Å². The predicted octanol–water partition coefficient (Wildman–Crippen LogP) is 0.501. The van der Waals surface area contributed by atoms with Crippen molar-refractivity contribution in [2.75, 3.05) is 27.9 Å². The Kier molecular flexibility index (Phi) is 6.03. The number of rotatable bonds is 8. The van der Waals surface area contributed by atoms with Crippen LogP contribution in [0.2, 0.25) is 0 Å². The molecule has 0 spiro atoms. The summed E-state index contributed by atoms with van der Waals surface area (Å²) in [5.74, 6) is 0.187. The van der Waals surface area contributed by atoms with Crippen LogP contribution in [0, 0.1) is 10.1 Å². The van der Waals surface area contributed by atoms with Crippen LogP contribution in [0.5, 0.6) is 5.75 Å². The van der Waals surface area contributed by atoms with E-state index in [9.17, 15) is 18.5 Å². The monoisotopic (exact) mass is 320 g/mol. The Hall–Kier alpha value is -1.75. The molecule has 0 saturated heterocycles. The highest BCUT2D eigenvalue weighted by Crippen LogP contribution is 2.28. The van der Waals surface area contributed by atoms with Crippen molar-refractivity contribution in [1.29, 1.82) is 0 Å². The summed E-state index contributed by atoms with van der Waals surface area (Å²) in [6, 6.07) is 3.47. The lowest BCUT2D eigenvalue weighted by molar-refractivity contribution is -0.387. The summed E-state index contributed by atoms with van der Waals surface area (Å²) in [5, 5.41) is 11.0. The lowest BCUT2D eigenvalue weighted by Gasteiger charge is -2.14. The number of benzene rings is 1. The highest BCUT2D eigenvalue weighted by molar-refractivity contribution is 7.89. The molecule has 21 heavy (non-hydrogen) atoms. The quantitative estimate of drug-likeness (QED) is 0.421. The van der Waals surface area contributed by atoms with Crippen molar-refractivity contribution in [1.82, 2.24) is 4.72 Å². The molecule has 0 aliphatic carbocycles. The first kappa shape index (κ1) is 17.3. The minimum atomic E-state index is -4.08. The third-order valence-electron chi connectivity index (χ3n) is 2.62. The minimum Gasteiger partial charge on any atom is -0.497 e. The standard InChI is InChI=1S/C11H16N2O7S/c1-18-8-4-5-10(9(6-8)13(14)15)21(16,17)12-7-11(19-2)20-3/h4-6,11-12H,7H2,1-3H3. The molecule has 0 aromatic heterocycles. The zero-order valence-electron chi connectivity index (χ0n) is 11.7.